The molecule has 1 heterocycles. The average molecular weight is 422 g/mol. The molecule has 1 saturated heterocycles. The summed E-state index contributed by atoms with van der Waals surface area (Å²) in [6, 6.07) is 12.4. The van der Waals surface area contributed by atoms with Crippen LogP contribution in [0.3, 0.4) is 0 Å². The molecule has 28 heavy (non-hydrogen) atoms. The van der Waals surface area contributed by atoms with E-state index in [1.165, 1.54) is 4.31 Å². The maximum atomic E-state index is 13.0. The summed E-state index contributed by atoms with van der Waals surface area (Å²) in [6.45, 7) is 5.67. The fourth-order valence-electron chi connectivity index (χ4n) is 3.19. The minimum Gasteiger partial charge on any atom is -0.325 e. The van der Waals surface area contributed by atoms with Crippen molar-refractivity contribution in [2.75, 3.05) is 38.0 Å². The number of sulfonamides is 1. The molecule has 3 rings (SSSR count). The lowest BCUT2D eigenvalue weighted by Gasteiger charge is -2.33. The Labute approximate surface area is 171 Å². The molecule has 1 N–H and O–H groups in total. The van der Waals surface area contributed by atoms with Gasteiger partial charge in [0.1, 0.15) is 0 Å². The molecule has 0 radical (unpaired) electrons. The first-order chi connectivity index (χ1) is 13.3. The van der Waals surface area contributed by atoms with E-state index in [9.17, 15) is 13.2 Å². The standard InChI is InChI=1S/C20H24ClN3O3S/c1-15-3-4-16(2)19(13-15)28(26,27)24-11-9-23(10-12-24)14-20(25)22-18-7-5-17(21)6-8-18/h3-8,13H,9-12,14H2,1-2H3,(H,22,25). The Morgan fingerprint density at radius 1 is 1.04 bits per heavy atom. The molecule has 150 valence electrons. The van der Waals surface area contributed by atoms with Gasteiger partial charge in [-0.2, -0.15) is 4.31 Å². The van der Waals surface area contributed by atoms with Crippen LogP contribution in [-0.2, 0) is 14.8 Å². The van der Waals surface area contributed by atoms with Gasteiger partial charge in [-0.15, -0.1) is 0 Å². The maximum Gasteiger partial charge on any atom is 0.243 e. The number of anilines is 1. The number of nitrogens with one attached hydrogen (secondary N) is 1. The number of hydrogen-bond acceptors (Lipinski definition) is 4. The van der Waals surface area contributed by atoms with Gasteiger partial charge in [0.05, 0.1) is 11.4 Å². The summed E-state index contributed by atoms with van der Waals surface area (Å²) < 4.78 is 27.5. The Kier molecular flexibility index (Phi) is 6.40. The molecule has 0 atom stereocenters. The molecule has 1 amide bonds. The van der Waals surface area contributed by atoms with E-state index < -0.39 is 10.0 Å². The van der Waals surface area contributed by atoms with Gasteiger partial charge in [0.2, 0.25) is 15.9 Å². The monoisotopic (exact) mass is 421 g/mol. The number of nitrogens with zero attached hydrogens (tertiary/aromatic N) is 2. The van der Waals surface area contributed by atoms with Crippen molar-refractivity contribution in [1.29, 1.82) is 0 Å². The molecular formula is C20H24ClN3O3S. The summed E-state index contributed by atoms with van der Waals surface area (Å²) in [7, 11) is -3.53. The van der Waals surface area contributed by atoms with Crippen LogP contribution < -0.4 is 5.32 Å². The molecule has 0 unspecified atom stereocenters. The number of aryl methyl sites for hydroxylation is 2. The molecule has 0 aliphatic carbocycles. The van der Waals surface area contributed by atoms with Crippen molar-refractivity contribution in [3.05, 3.63) is 58.6 Å². The lowest BCUT2D eigenvalue weighted by atomic mass is 10.2. The van der Waals surface area contributed by atoms with Gasteiger partial charge in [0.15, 0.2) is 0 Å². The number of carbonyl (C=O) groups is 1. The summed E-state index contributed by atoms with van der Waals surface area (Å²) in [4.78, 5) is 14.6. The lowest BCUT2D eigenvalue weighted by Crippen LogP contribution is -2.50. The largest absolute Gasteiger partial charge is 0.325 e. The number of amides is 1. The highest BCUT2D eigenvalue weighted by Gasteiger charge is 2.30. The van der Waals surface area contributed by atoms with Gasteiger partial charge in [-0.25, -0.2) is 8.42 Å². The van der Waals surface area contributed by atoms with Gasteiger partial charge in [-0.1, -0.05) is 23.7 Å². The zero-order chi connectivity index (χ0) is 20.3. The first kappa shape index (κ1) is 20.8. The highest BCUT2D eigenvalue weighted by atomic mass is 35.5. The van der Waals surface area contributed by atoms with Crippen molar-refractivity contribution in [1.82, 2.24) is 9.21 Å². The zero-order valence-electron chi connectivity index (χ0n) is 16.0. The summed E-state index contributed by atoms with van der Waals surface area (Å²) in [5.41, 5.74) is 2.35. The third-order valence-electron chi connectivity index (χ3n) is 4.79. The predicted octanol–water partition coefficient (Wildman–Crippen LogP) is 2.90. The Balaban J connectivity index is 1.57. The van der Waals surface area contributed by atoms with Crippen molar-refractivity contribution in [3.8, 4) is 0 Å². The van der Waals surface area contributed by atoms with Crippen LogP contribution in [0.1, 0.15) is 11.1 Å². The van der Waals surface area contributed by atoms with Crippen molar-refractivity contribution in [2.24, 2.45) is 0 Å². The van der Waals surface area contributed by atoms with E-state index in [0.717, 1.165) is 11.1 Å². The third-order valence-corrected chi connectivity index (χ3v) is 7.08. The molecule has 0 bridgehead atoms. The van der Waals surface area contributed by atoms with Crippen molar-refractivity contribution in [3.63, 3.8) is 0 Å². The molecule has 1 aliphatic rings. The molecule has 8 heteroatoms. The smallest absolute Gasteiger partial charge is 0.243 e. The predicted molar refractivity (Wildman–Crippen MR) is 111 cm³/mol. The SMILES string of the molecule is Cc1ccc(C)c(S(=O)(=O)N2CCN(CC(=O)Nc3ccc(Cl)cc3)CC2)c1. The number of hydrogen-bond donors (Lipinski definition) is 1. The van der Waals surface area contributed by atoms with Gasteiger partial charge < -0.3 is 5.32 Å². The summed E-state index contributed by atoms with van der Waals surface area (Å²) in [6.07, 6.45) is 0. The Morgan fingerprint density at radius 3 is 2.32 bits per heavy atom. The van der Waals surface area contributed by atoms with Crippen LogP contribution in [0.15, 0.2) is 47.4 Å². The molecule has 0 aromatic heterocycles. The van der Waals surface area contributed by atoms with Gasteiger partial charge in [-0.05, 0) is 55.3 Å². The second-order valence-corrected chi connectivity index (χ2v) is 9.35. The molecule has 0 spiro atoms. The second-order valence-electron chi connectivity index (χ2n) is 7.00. The summed E-state index contributed by atoms with van der Waals surface area (Å²) in [5.74, 6) is -0.131. The van der Waals surface area contributed by atoms with Crippen LogP contribution in [0.25, 0.3) is 0 Å². The minimum atomic E-state index is -3.53. The minimum absolute atomic E-state index is 0.131. The van der Waals surface area contributed by atoms with Crippen LogP contribution in [0.2, 0.25) is 5.02 Å². The third kappa shape index (κ3) is 4.91. The van der Waals surface area contributed by atoms with Crippen LogP contribution in [0.4, 0.5) is 5.69 Å². The second kappa shape index (κ2) is 8.61. The van der Waals surface area contributed by atoms with Crippen LogP contribution in [0, 0.1) is 13.8 Å². The Morgan fingerprint density at radius 2 is 1.68 bits per heavy atom. The molecule has 0 saturated carbocycles. The number of piperazine rings is 1. The topological polar surface area (TPSA) is 69.7 Å². The van der Waals surface area contributed by atoms with Gasteiger partial charge in [-0.3, -0.25) is 9.69 Å². The van der Waals surface area contributed by atoms with E-state index in [0.29, 0.717) is 41.8 Å². The number of benzene rings is 2. The average Bonchev–Trinajstić information content (AvgIpc) is 2.66. The zero-order valence-corrected chi connectivity index (χ0v) is 17.6. The van der Waals surface area contributed by atoms with Crippen LogP contribution in [-0.4, -0.2) is 56.3 Å². The normalized spacial score (nSPS) is 16.1. The van der Waals surface area contributed by atoms with Crippen LogP contribution in [0.5, 0.6) is 0 Å². The van der Waals surface area contributed by atoms with Gasteiger partial charge in [0, 0.05) is 36.9 Å². The van der Waals surface area contributed by atoms with Crippen LogP contribution >= 0.6 is 11.6 Å². The fraction of sp³-hybridized carbons (Fsp3) is 0.350. The van der Waals surface area contributed by atoms with E-state index in [2.05, 4.69) is 5.32 Å². The van der Waals surface area contributed by atoms with Gasteiger partial charge in [0.25, 0.3) is 0 Å². The first-order valence-electron chi connectivity index (χ1n) is 9.11. The molecule has 1 aliphatic heterocycles. The van der Waals surface area contributed by atoms with E-state index in [-0.39, 0.29) is 12.5 Å². The quantitative estimate of drug-likeness (QED) is 0.805. The number of rotatable bonds is 5. The van der Waals surface area contributed by atoms with Crippen molar-refractivity contribution in [2.45, 2.75) is 18.7 Å². The number of halogens is 1. The van der Waals surface area contributed by atoms with Crippen molar-refractivity contribution < 1.29 is 13.2 Å². The number of carbonyl (C=O) groups excluding carboxylic acids is 1. The molecule has 2 aromatic carbocycles. The van der Waals surface area contributed by atoms with E-state index >= 15 is 0 Å². The molecule has 6 nitrogen and oxygen atoms in total. The van der Waals surface area contributed by atoms with E-state index in [1.807, 2.05) is 30.9 Å². The Hall–Kier alpha value is -1.93. The molecular weight excluding hydrogens is 398 g/mol. The molecule has 2 aromatic rings. The summed E-state index contributed by atoms with van der Waals surface area (Å²) >= 11 is 5.84. The summed E-state index contributed by atoms with van der Waals surface area (Å²) in [5, 5.41) is 3.44. The van der Waals surface area contributed by atoms with Crippen molar-refractivity contribution >= 4 is 33.2 Å². The Bertz CT molecular complexity index is 953. The van der Waals surface area contributed by atoms with E-state index in [1.54, 1.807) is 30.3 Å². The van der Waals surface area contributed by atoms with Gasteiger partial charge >= 0.3 is 0 Å². The fourth-order valence-corrected chi connectivity index (χ4v) is 5.05. The highest BCUT2D eigenvalue weighted by Crippen LogP contribution is 2.22. The first-order valence-corrected chi connectivity index (χ1v) is 10.9. The van der Waals surface area contributed by atoms with E-state index in [4.69, 9.17) is 11.6 Å². The maximum absolute atomic E-state index is 13.0. The highest BCUT2D eigenvalue weighted by molar-refractivity contribution is 7.89. The molecule has 1 fully saturated rings. The lowest BCUT2D eigenvalue weighted by molar-refractivity contribution is -0.117.